The minimum Gasteiger partial charge on any atom is -0.497 e. The van der Waals surface area contributed by atoms with Gasteiger partial charge in [0.2, 0.25) is 5.91 Å². The van der Waals surface area contributed by atoms with Gasteiger partial charge in [-0.1, -0.05) is 19.9 Å². The van der Waals surface area contributed by atoms with Gasteiger partial charge in [0.1, 0.15) is 17.8 Å². The molecule has 1 heterocycles. The highest BCUT2D eigenvalue weighted by Gasteiger charge is 2.38. The molecule has 1 aliphatic heterocycles. The van der Waals surface area contributed by atoms with Crippen molar-refractivity contribution < 1.29 is 24.2 Å². The highest BCUT2D eigenvalue weighted by molar-refractivity contribution is 5.98. The first-order chi connectivity index (χ1) is 11.8. The fourth-order valence-corrected chi connectivity index (χ4v) is 2.97. The van der Waals surface area contributed by atoms with Crippen LogP contribution in [0.2, 0.25) is 0 Å². The van der Waals surface area contributed by atoms with E-state index in [0.717, 1.165) is 0 Å². The Morgan fingerprint density at radius 2 is 2.04 bits per heavy atom. The number of aliphatic carboxylic acids is 1. The van der Waals surface area contributed by atoms with Crippen LogP contribution >= 0.6 is 0 Å². The third kappa shape index (κ3) is 4.29. The second-order valence-electron chi connectivity index (χ2n) is 6.46. The number of amides is 2. The van der Waals surface area contributed by atoms with Crippen molar-refractivity contribution in [1.29, 1.82) is 0 Å². The smallest absolute Gasteiger partial charge is 0.326 e. The minimum absolute atomic E-state index is 0.169. The van der Waals surface area contributed by atoms with Gasteiger partial charge in [-0.3, -0.25) is 9.59 Å². The number of nitrogens with zero attached hydrogens (tertiary/aromatic N) is 1. The molecular weight excluding hydrogens is 324 g/mol. The van der Waals surface area contributed by atoms with Gasteiger partial charge in [0.25, 0.3) is 5.91 Å². The van der Waals surface area contributed by atoms with Gasteiger partial charge in [0.15, 0.2) is 0 Å². The van der Waals surface area contributed by atoms with Gasteiger partial charge < -0.3 is 20.1 Å². The van der Waals surface area contributed by atoms with Gasteiger partial charge in [0, 0.05) is 12.1 Å². The molecule has 1 saturated heterocycles. The predicted octanol–water partition coefficient (Wildman–Crippen LogP) is 1.53. The average molecular weight is 348 g/mol. The first-order valence-electron chi connectivity index (χ1n) is 8.33. The van der Waals surface area contributed by atoms with E-state index in [4.69, 9.17) is 4.74 Å². The molecule has 2 rings (SSSR count). The molecule has 1 unspecified atom stereocenters. The van der Waals surface area contributed by atoms with E-state index in [1.54, 1.807) is 24.3 Å². The van der Waals surface area contributed by atoms with Crippen LogP contribution in [0.5, 0.6) is 5.75 Å². The molecule has 0 aromatic heterocycles. The molecule has 7 heteroatoms. The lowest BCUT2D eigenvalue weighted by Gasteiger charge is -2.29. The average Bonchev–Trinajstić information content (AvgIpc) is 3.08. The maximum atomic E-state index is 12.8. The molecule has 0 radical (unpaired) electrons. The largest absolute Gasteiger partial charge is 0.497 e. The van der Waals surface area contributed by atoms with Gasteiger partial charge in [-0.2, -0.15) is 0 Å². The molecular formula is C18H24N2O5. The van der Waals surface area contributed by atoms with Crippen molar-refractivity contribution in [2.75, 3.05) is 13.7 Å². The number of methoxy groups -OCH3 is 1. The van der Waals surface area contributed by atoms with Crippen LogP contribution in [-0.2, 0) is 9.59 Å². The van der Waals surface area contributed by atoms with Crippen molar-refractivity contribution in [2.24, 2.45) is 5.92 Å². The van der Waals surface area contributed by atoms with Crippen molar-refractivity contribution in [2.45, 2.75) is 38.8 Å². The number of nitrogens with one attached hydrogen (secondary N) is 1. The fourth-order valence-electron chi connectivity index (χ4n) is 2.97. The Labute approximate surface area is 147 Å². The summed E-state index contributed by atoms with van der Waals surface area (Å²) in [5, 5.41) is 12.0. The molecule has 0 bridgehead atoms. The molecule has 1 aromatic rings. The van der Waals surface area contributed by atoms with E-state index in [-0.39, 0.29) is 11.8 Å². The Balaban J connectivity index is 2.16. The van der Waals surface area contributed by atoms with Gasteiger partial charge in [-0.25, -0.2) is 4.79 Å². The highest BCUT2D eigenvalue weighted by atomic mass is 16.5. The fraction of sp³-hybridized carbons (Fsp3) is 0.500. The van der Waals surface area contributed by atoms with Crippen LogP contribution < -0.4 is 10.1 Å². The summed E-state index contributed by atoms with van der Waals surface area (Å²) in [6.45, 7) is 4.04. The van der Waals surface area contributed by atoms with E-state index < -0.39 is 24.0 Å². The van der Waals surface area contributed by atoms with Gasteiger partial charge in [-0.05, 0) is 37.0 Å². The predicted molar refractivity (Wildman–Crippen MR) is 91.5 cm³/mol. The van der Waals surface area contributed by atoms with Crippen molar-refractivity contribution in [3.63, 3.8) is 0 Å². The van der Waals surface area contributed by atoms with Crippen molar-refractivity contribution in [3.05, 3.63) is 29.8 Å². The molecule has 7 nitrogen and oxygen atoms in total. The molecule has 1 fully saturated rings. The lowest BCUT2D eigenvalue weighted by atomic mass is 10.0. The second-order valence-corrected chi connectivity index (χ2v) is 6.46. The summed E-state index contributed by atoms with van der Waals surface area (Å²) in [5.74, 6) is -1.37. The van der Waals surface area contributed by atoms with Crippen LogP contribution in [0.4, 0.5) is 0 Å². The molecule has 136 valence electrons. The summed E-state index contributed by atoms with van der Waals surface area (Å²) >= 11 is 0. The standard InChI is InChI=1S/C18H24N2O5/c1-11(2)15(17(22)20-9-5-8-14(20)18(23)24)19-16(21)12-6-4-7-13(10-12)25-3/h4,6-7,10-11,14-15H,5,8-9H2,1-3H3,(H,19,21)(H,23,24)/t14-,15?/m0/s1. The monoisotopic (exact) mass is 348 g/mol. The summed E-state index contributed by atoms with van der Waals surface area (Å²) in [5.41, 5.74) is 0.383. The summed E-state index contributed by atoms with van der Waals surface area (Å²) in [4.78, 5) is 38.0. The summed E-state index contributed by atoms with van der Waals surface area (Å²) in [6, 6.07) is 5.05. The number of likely N-dealkylation sites (tertiary alicyclic amines) is 1. The Kier molecular flexibility index (Phi) is 6.01. The van der Waals surface area contributed by atoms with E-state index in [1.807, 2.05) is 13.8 Å². The van der Waals surface area contributed by atoms with Gasteiger partial charge >= 0.3 is 5.97 Å². The summed E-state index contributed by atoms with van der Waals surface area (Å²) in [6.07, 6.45) is 1.09. The molecule has 0 saturated carbocycles. The van der Waals surface area contributed by atoms with E-state index in [2.05, 4.69) is 5.32 Å². The van der Waals surface area contributed by atoms with Crippen LogP contribution in [0.3, 0.4) is 0 Å². The zero-order valence-corrected chi connectivity index (χ0v) is 14.7. The van der Waals surface area contributed by atoms with Crippen molar-refractivity contribution in [3.8, 4) is 5.75 Å². The second kappa shape index (κ2) is 8.00. The van der Waals surface area contributed by atoms with E-state index in [1.165, 1.54) is 12.0 Å². The molecule has 2 amide bonds. The zero-order chi connectivity index (χ0) is 18.6. The quantitative estimate of drug-likeness (QED) is 0.813. The number of carboxylic acid groups (broad SMARTS) is 1. The van der Waals surface area contributed by atoms with E-state index in [9.17, 15) is 19.5 Å². The maximum absolute atomic E-state index is 12.8. The minimum atomic E-state index is -1.01. The molecule has 2 atom stereocenters. The molecule has 0 aliphatic carbocycles. The topological polar surface area (TPSA) is 95.9 Å². The van der Waals surface area contributed by atoms with Crippen LogP contribution in [0, 0.1) is 5.92 Å². The van der Waals surface area contributed by atoms with Crippen molar-refractivity contribution in [1.82, 2.24) is 10.2 Å². The summed E-state index contributed by atoms with van der Waals surface area (Å²) < 4.78 is 5.11. The number of ether oxygens (including phenoxy) is 1. The summed E-state index contributed by atoms with van der Waals surface area (Å²) in [7, 11) is 1.51. The Morgan fingerprint density at radius 3 is 2.64 bits per heavy atom. The Morgan fingerprint density at radius 1 is 1.32 bits per heavy atom. The molecule has 25 heavy (non-hydrogen) atoms. The van der Waals surface area contributed by atoms with Crippen LogP contribution in [0.25, 0.3) is 0 Å². The van der Waals surface area contributed by atoms with Gasteiger partial charge in [0.05, 0.1) is 7.11 Å². The number of hydrogen-bond donors (Lipinski definition) is 2. The Hall–Kier alpha value is -2.57. The first kappa shape index (κ1) is 18.8. The number of benzene rings is 1. The van der Waals surface area contributed by atoms with Crippen LogP contribution in [-0.4, -0.2) is 53.5 Å². The van der Waals surface area contributed by atoms with Gasteiger partial charge in [-0.15, -0.1) is 0 Å². The number of hydrogen-bond acceptors (Lipinski definition) is 4. The van der Waals surface area contributed by atoms with Crippen LogP contribution in [0.15, 0.2) is 24.3 Å². The first-order valence-corrected chi connectivity index (χ1v) is 8.33. The number of rotatable bonds is 6. The van der Waals surface area contributed by atoms with Crippen LogP contribution in [0.1, 0.15) is 37.0 Å². The Bertz CT molecular complexity index is 659. The maximum Gasteiger partial charge on any atom is 0.326 e. The molecule has 1 aliphatic rings. The van der Waals surface area contributed by atoms with Crippen molar-refractivity contribution >= 4 is 17.8 Å². The molecule has 2 N–H and O–H groups in total. The van der Waals surface area contributed by atoms with E-state index >= 15 is 0 Å². The number of carbonyl (C=O) groups is 3. The number of carbonyl (C=O) groups excluding carboxylic acids is 2. The third-order valence-corrected chi connectivity index (χ3v) is 4.37. The normalized spacial score (nSPS) is 18.1. The SMILES string of the molecule is COc1cccc(C(=O)NC(C(=O)N2CCC[C@H]2C(=O)O)C(C)C)c1. The third-order valence-electron chi connectivity index (χ3n) is 4.37. The van der Waals surface area contributed by atoms with E-state index in [0.29, 0.717) is 30.7 Å². The molecule has 1 aromatic carbocycles. The number of carboxylic acids is 1. The lowest BCUT2D eigenvalue weighted by Crippen LogP contribution is -2.53. The molecule has 0 spiro atoms. The zero-order valence-electron chi connectivity index (χ0n) is 14.7. The highest BCUT2D eigenvalue weighted by Crippen LogP contribution is 2.21. The lowest BCUT2D eigenvalue weighted by molar-refractivity contribution is -0.149.